The third-order valence-corrected chi connectivity index (χ3v) is 2.75. The Kier molecular flexibility index (Phi) is 3.43. The topological polar surface area (TPSA) is 30.2 Å². The highest BCUT2D eigenvalue weighted by molar-refractivity contribution is 5.80. The van der Waals surface area contributed by atoms with Gasteiger partial charge in [0.05, 0.1) is 0 Å². The quantitative estimate of drug-likeness (QED) is 0.748. The number of rotatable bonds is 3. The molecule has 0 aliphatic rings. The molecule has 17 heavy (non-hydrogen) atoms. The molecule has 0 saturated carbocycles. The van der Waals surface area contributed by atoms with Crippen LogP contribution >= 0.6 is 0 Å². The second-order valence-corrected chi connectivity index (χ2v) is 4.09. The maximum absolute atomic E-state index is 11.2. The smallest absolute Gasteiger partial charge is 0.336 e. The molecule has 0 aliphatic carbocycles. The lowest BCUT2D eigenvalue weighted by molar-refractivity contribution is 0.561. The second-order valence-electron chi connectivity index (χ2n) is 4.09. The molecule has 2 nitrogen and oxygen atoms in total. The molecule has 0 radical (unpaired) electrons. The van der Waals surface area contributed by atoms with Crippen molar-refractivity contribution in [2.75, 3.05) is 0 Å². The van der Waals surface area contributed by atoms with Crippen molar-refractivity contribution in [2.24, 2.45) is 0 Å². The average molecular weight is 228 g/mol. The molecule has 0 unspecified atom stereocenters. The minimum atomic E-state index is -0.299. The van der Waals surface area contributed by atoms with Crippen molar-refractivity contribution in [1.82, 2.24) is 0 Å². The Morgan fingerprint density at radius 3 is 2.82 bits per heavy atom. The molecular weight excluding hydrogens is 212 g/mol. The molecule has 0 atom stereocenters. The Bertz CT molecular complexity index is 606. The summed E-state index contributed by atoms with van der Waals surface area (Å²) in [5, 5.41) is 0.987. The SMILES string of the molecule is C/C=C\c1cc2oc(=O)ccc2cc1CCC. The van der Waals surface area contributed by atoms with Gasteiger partial charge in [0.15, 0.2) is 0 Å². The molecule has 1 aromatic heterocycles. The summed E-state index contributed by atoms with van der Waals surface area (Å²) >= 11 is 0. The first kappa shape index (κ1) is 11.6. The van der Waals surface area contributed by atoms with Gasteiger partial charge in [0.1, 0.15) is 5.58 Å². The summed E-state index contributed by atoms with van der Waals surface area (Å²) in [5.74, 6) is 0. The number of benzene rings is 1. The van der Waals surface area contributed by atoms with Crippen molar-refractivity contribution in [3.05, 3.63) is 51.9 Å². The second kappa shape index (κ2) is 5.00. The highest BCUT2D eigenvalue weighted by Gasteiger charge is 2.04. The van der Waals surface area contributed by atoms with Gasteiger partial charge < -0.3 is 4.42 Å². The standard InChI is InChI=1S/C15H16O2/c1-3-5-11-9-13-7-8-15(16)17-14(13)10-12(11)6-4-2/h4,6-10H,3,5H2,1-2H3/b6-4-. The summed E-state index contributed by atoms with van der Waals surface area (Å²) in [6.45, 7) is 4.15. The lowest BCUT2D eigenvalue weighted by Gasteiger charge is -2.06. The summed E-state index contributed by atoms with van der Waals surface area (Å²) in [6, 6.07) is 7.34. The van der Waals surface area contributed by atoms with Gasteiger partial charge in [0.25, 0.3) is 0 Å². The van der Waals surface area contributed by atoms with Crippen LogP contribution in [0.4, 0.5) is 0 Å². The van der Waals surface area contributed by atoms with E-state index in [9.17, 15) is 4.79 Å². The molecular formula is C15H16O2. The minimum absolute atomic E-state index is 0.299. The van der Waals surface area contributed by atoms with E-state index in [0.717, 1.165) is 23.8 Å². The molecule has 0 saturated heterocycles. The largest absolute Gasteiger partial charge is 0.423 e. The Morgan fingerprint density at radius 1 is 1.29 bits per heavy atom. The molecule has 0 aliphatic heterocycles. The fourth-order valence-corrected chi connectivity index (χ4v) is 2.00. The zero-order valence-electron chi connectivity index (χ0n) is 10.2. The van der Waals surface area contributed by atoms with Gasteiger partial charge in [-0.1, -0.05) is 25.5 Å². The van der Waals surface area contributed by atoms with E-state index >= 15 is 0 Å². The van der Waals surface area contributed by atoms with Crippen LogP contribution in [-0.4, -0.2) is 0 Å². The third kappa shape index (κ3) is 2.47. The van der Waals surface area contributed by atoms with Crippen LogP contribution in [0.2, 0.25) is 0 Å². The van der Waals surface area contributed by atoms with Crippen LogP contribution in [0.25, 0.3) is 17.0 Å². The summed E-state index contributed by atoms with van der Waals surface area (Å²) in [4.78, 5) is 11.2. The van der Waals surface area contributed by atoms with Gasteiger partial charge in [-0.3, -0.25) is 0 Å². The van der Waals surface area contributed by atoms with Gasteiger partial charge in [-0.05, 0) is 42.7 Å². The zero-order valence-corrected chi connectivity index (χ0v) is 10.2. The van der Waals surface area contributed by atoms with E-state index in [1.165, 1.54) is 11.6 Å². The van der Waals surface area contributed by atoms with Crippen LogP contribution in [-0.2, 0) is 6.42 Å². The van der Waals surface area contributed by atoms with Crippen molar-refractivity contribution < 1.29 is 4.42 Å². The Hall–Kier alpha value is -1.83. The van der Waals surface area contributed by atoms with Crippen LogP contribution in [0.5, 0.6) is 0 Å². The normalized spacial score (nSPS) is 11.4. The highest BCUT2D eigenvalue weighted by atomic mass is 16.4. The fourth-order valence-electron chi connectivity index (χ4n) is 2.00. The first-order valence-electron chi connectivity index (χ1n) is 5.94. The predicted molar refractivity (Wildman–Crippen MR) is 71.2 cm³/mol. The molecule has 2 rings (SSSR count). The molecule has 0 bridgehead atoms. The molecule has 0 fully saturated rings. The van der Waals surface area contributed by atoms with Gasteiger partial charge >= 0.3 is 5.63 Å². The summed E-state index contributed by atoms with van der Waals surface area (Å²) in [5.41, 5.74) is 2.79. The van der Waals surface area contributed by atoms with Gasteiger partial charge in [0, 0.05) is 11.5 Å². The lowest BCUT2D eigenvalue weighted by atomic mass is 10.0. The summed E-state index contributed by atoms with van der Waals surface area (Å²) in [7, 11) is 0. The fraction of sp³-hybridized carbons (Fsp3) is 0.267. The van der Waals surface area contributed by atoms with Gasteiger partial charge in [-0.25, -0.2) is 4.79 Å². The summed E-state index contributed by atoms with van der Waals surface area (Å²) < 4.78 is 5.19. The molecule has 0 amide bonds. The van der Waals surface area contributed by atoms with Gasteiger partial charge in [-0.15, -0.1) is 0 Å². The third-order valence-electron chi connectivity index (χ3n) is 2.75. The lowest BCUT2D eigenvalue weighted by Crippen LogP contribution is -1.96. The van der Waals surface area contributed by atoms with Crippen LogP contribution < -0.4 is 5.63 Å². The van der Waals surface area contributed by atoms with Crippen LogP contribution in [0.1, 0.15) is 31.4 Å². The number of allylic oxidation sites excluding steroid dienone is 1. The van der Waals surface area contributed by atoms with E-state index in [0.29, 0.717) is 5.58 Å². The molecule has 1 aromatic carbocycles. The molecule has 0 spiro atoms. The van der Waals surface area contributed by atoms with E-state index in [1.807, 2.05) is 25.1 Å². The van der Waals surface area contributed by atoms with E-state index in [1.54, 1.807) is 0 Å². The molecule has 0 N–H and O–H groups in total. The van der Waals surface area contributed by atoms with Gasteiger partial charge in [-0.2, -0.15) is 0 Å². The summed E-state index contributed by atoms with van der Waals surface area (Å²) in [6.07, 6.45) is 6.19. The van der Waals surface area contributed by atoms with Crippen molar-refractivity contribution in [3.63, 3.8) is 0 Å². The van der Waals surface area contributed by atoms with E-state index < -0.39 is 0 Å². The zero-order chi connectivity index (χ0) is 12.3. The number of fused-ring (bicyclic) bond motifs is 1. The molecule has 88 valence electrons. The van der Waals surface area contributed by atoms with Gasteiger partial charge in [0.2, 0.25) is 0 Å². The minimum Gasteiger partial charge on any atom is -0.423 e. The Morgan fingerprint density at radius 2 is 2.12 bits per heavy atom. The van der Waals surface area contributed by atoms with Crippen LogP contribution in [0, 0.1) is 0 Å². The molecule has 2 heteroatoms. The predicted octanol–water partition coefficient (Wildman–Crippen LogP) is 3.78. The van der Waals surface area contributed by atoms with Crippen molar-refractivity contribution >= 4 is 17.0 Å². The first-order chi connectivity index (χ1) is 8.24. The van der Waals surface area contributed by atoms with E-state index in [4.69, 9.17) is 4.42 Å². The Labute approximate surface area is 101 Å². The number of hydrogen-bond donors (Lipinski definition) is 0. The maximum atomic E-state index is 11.2. The van der Waals surface area contributed by atoms with Crippen LogP contribution in [0.15, 0.2) is 39.6 Å². The van der Waals surface area contributed by atoms with E-state index in [-0.39, 0.29) is 5.63 Å². The number of aryl methyl sites for hydroxylation is 1. The van der Waals surface area contributed by atoms with Crippen molar-refractivity contribution in [3.8, 4) is 0 Å². The number of hydrogen-bond acceptors (Lipinski definition) is 2. The van der Waals surface area contributed by atoms with Crippen molar-refractivity contribution in [1.29, 1.82) is 0 Å². The van der Waals surface area contributed by atoms with E-state index in [2.05, 4.69) is 19.1 Å². The monoisotopic (exact) mass is 228 g/mol. The Balaban J connectivity index is 2.67. The molecule has 2 aromatic rings. The van der Waals surface area contributed by atoms with Crippen molar-refractivity contribution in [2.45, 2.75) is 26.7 Å². The maximum Gasteiger partial charge on any atom is 0.336 e. The molecule has 1 heterocycles. The highest BCUT2D eigenvalue weighted by Crippen LogP contribution is 2.21. The first-order valence-corrected chi connectivity index (χ1v) is 5.94. The van der Waals surface area contributed by atoms with Crippen LogP contribution in [0.3, 0.4) is 0 Å². The average Bonchev–Trinajstić information content (AvgIpc) is 2.31.